The molecule has 0 aliphatic carbocycles. The number of carbonyl (C=O) groups excluding carboxylic acids is 2. The highest BCUT2D eigenvalue weighted by Gasteiger charge is 2.52. The summed E-state index contributed by atoms with van der Waals surface area (Å²) < 4.78 is 5.41. The highest BCUT2D eigenvalue weighted by atomic mass is 16.5. The third-order valence-corrected chi connectivity index (χ3v) is 6.51. The summed E-state index contributed by atoms with van der Waals surface area (Å²) in [7, 11) is 1.65. The molecule has 2 heterocycles. The number of carbonyl (C=O) groups is 2. The first kappa shape index (κ1) is 20.5. The van der Waals surface area contributed by atoms with E-state index in [2.05, 4.69) is 12.1 Å². The number of methoxy groups -OCH3 is 1. The molecule has 1 atom stereocenters. The van der Waals surface area contributed by atoms with Crippen LogP contribution >= 0.6 is 0 Å². The number of nitrogens with zero attached hydrogens (tertiary/aromatic N) is 2. The third kappa shape index (κ3) is 3.93. The largest absolute Gasteiger partial charge is 0.496 e. The molecular formula is C25H30N2O3. The fourth-order valence-corrected chi connectivity index (χ4v) is 5.03. The van der Waals surface area contributed by atoms with Crippen LogP contribution in [0.2, 0.25) is 0 Å². The van der Waals surface area contributed by atoms with Gasteiger partial charge in [-0.3, -0.25) is 9.59 Å². The van der Waals surface area contributed by atoms with Crippen molar-refractivity contribution in [3.05, 3.63) is 65.7 Å². The van der Waals surface area contributed by atoms with E-state index in [0.29, 0.717) is 25.9 Å². The van der Waals surface area contributed by atoms with Crippen LogP contribution in [0.15, 0.2) is 54.6 Å². The summed E-state index contributed by atoms with van der Waals surface area (Å²) in [5.41, 5.74) is 1.52. The number of hydrogen-bond donors (Lipinski definition) is 0. The van der Waals surface area contributed by atoms with E-state index in [1.54, 1.807) is 7.11 Å². The highest BCUT2D eigenvalue weighted by Crippen LogP contribution is 2.39. The van der Waals surface area contributed by atoms with Crippen molar-refractivity contribution >= 4 is 11.8 Å². The van der Waals surface area contributed by atoms with Gasteiger partial charge in [-0.05, 0) is 49.3 Å². The Morgan fingerprint density at radius 3 is 2.47 bits per heavy atom. The number of rotatable bonds is 6. The number of ether oxygens (including phenoxy) is 1. The minimum atomic E-state index is -0.648. The van der Waals surface area contributed by atoms with Crippen LogP contribution in [0.25, 0.3) is 0 Å². The topological polar surface area (TPSA) is 49.9 Å². The molecule has 0 radical (unpaired) electrons. The Morgan fingerprint density at radius 2 is 1.70 bits per heavy atom. The first-order valence-electron chi connectivity index (χ1n) is 10.9. The Bertz CT molecular complexity index is 898. The van der Waals surface area contributed by atoms with E-state index in [0.717, 1.165) is 49.1 Å². The summed E-state index contributed by atoms with van der Waals surface area (Å²) in [5, 5.41) is 0. The number of aryl methyl sites for hydroxylation is 1. The average Bonchev–Trinajstić information content (AvgIpc) is 3.21. The molecule has 2 saturated heterocycles. The van der Waals surface area contributed by atoms with Gasteiger partial charge < -0.3 is 14.5 Å². The maximum Gasteiger partial charge on any atom is 0.248 e. The average molecular weight is 407 g/mol. The molecule has 2 fully saturated rings. The molecule has 158 valence electrons. The number of para-hydroxylation sites is 1. The minimum Gasteiger partial charge on any atom is -0.496 e. The Kier molecular flexibility index (Phi) is 6.07. The zero-order valence-electron chi connectivity index (χ0n) is 17.7. The Labute approximate surface area is 178 Å². The minimum absolute atomic E-state index is 0.0771. The summed E-state index contributed by atoms with van der Waals surface area (Å²) in [5.74, 6) is 1.01. The van der Waals surface area contributed by atoms with Crippen molar-refractivity contribution in [2.75, 3.05) is 20.2 Å². The van der Waals surface area contributed by atoms with Gasteiger partial charge in [0.05, 0.1) is 7.11 Å². The van der Waals surface area contributed by atoms with E-state index in [-0.39, 0.29) is 11.8 Å². The van der Waals surface area contributed by atoms with Crippen LogP contribution in [-0.4, -0.2) is 47.4 Å². The van der Waals surface area contributed by atoms with Crippen molar-refractivity contribution in [1.29, 1.82) is 0 Å². The lowest BCUT2D eigenvalue weighted by atomic mass is 9.85. The van der Waals surface area contributed by atoms with Gasteiger partial charge in [0.2, 0.25) is 11.8 Å². The summed E-state index contributed by atoms with van der Waals surface area (Å²) in [6.07, 6.45) is 4.40. The smallest absolute Gasteiger partial charge is 0.248 e. The summed E-state index contributed by atoms with van der Waals surface area (Å²) in [6, 6.07) is 17.9. The summed E-state index contributed by atoms with van der Waals surface area (Å²) in [6.45, 7) is 2.05. The van der Waals surface area contributed by atoms with Crippen molar-refractivity contribution in [1.82, 2.24) is 9.80 Å². The van der Waals surface area contributed by atoms with E-state index in [1.807, 2.05) is 52.3 Å². The van der Waals surface area contributed by atoms with Crippen molar-refractivity contribution in [3.8, 4) is 5.75 Å². The van der Waals surface area contributed by atoms with Crippen molar-refractivity contribution in [3.63, 3.8) is 0 Å². The Balaban J connectivity index is 1.47. The SMILES string of the molecule is COc1ccccc1CCC(=O)N1CCCC12CCCN(Cc1ccccc1)C2=O. The normalized spacial score (nSPS) is 21.3. The monoisotopic (exact) mass is 406 g/mol. The van der Waals surface area contributed by atoms with Crippen LogP contribution in [-0.2, 0) is 22.6 Å². The van der Waals surface area contributed by atoms with Gasteiger partial charge >= 0.3 is 0 Å². The zero-order chi connectivity index (χ0) is 21.0. The predicted octanol–water partition coefficient (Wildman–Crippen LogP) is 3.81. The lowest BCUT2D eigenvalue weighted by Gasteiger charge is -2.44. The lowest BCUT2D eigenvalue weighted by molar-refractivity contribution is -0.155. The van der Waals surface area contributed by atoms with Crippen molar-refractivity contribution in [2.24, 2.45) is 0 Å². The van der Waals surface area contributed by atoms with E-state index >= 15 is 0 Å². The van der Waals surface area contributed by atoms with Crippen LogP contribution < -0.4 is 4.74 Å². The molecule has 2 aliphatic heterocycles. The first-order chi connectivity index (χ1) is 14.6. The number of likely N-dealkylation sites (tertiary alicyclic amines) is 2. The van der Waals surface area contributed by atoms with E-state index in [4.69, 9.17) is 4.74 Å². The third-order valence-electron chi connectivity index (χ3n) is 6.51. The fraction of sp³-hybridized carbons (Fsp3) is 0.440. The molecular weight excluding hydrogens is 376 g/mol. The Morgan fingerprint density at radius 1 is 1.00 bits per heavy atom. The molecule has 2 aromatic rings. The van der Waals surface area contributed by atoms with Gasteiger partial charge in [0, 0.05) is 26.1 Å². The van der Waals surface area contributed by atoms with Gasteiger partial charge in [-0.15, -0.1) is 0 Å². The highest BCUT2D eigenvalue weighted by molar-refractivity contribution is 5.92. The van der Waals surface area contributed by atoms with E-state index < -0.39 is 5.54 Å². The standard InChI is InChI=1S/C25H30N2O3/c1-30-22-12-6-5-11-21(22)13-14-23(28)27-18-8-16-25(27)15-7-17-26(24(25)29)19-20-9-3-2-4-10-20/h2-6,9-12H,7-8,13-19H2,1H3. The second-order valence-corrected chi connectivity index (χ2v) is 8.31. The van der Waals surface area contributed by atoms with Gasteiger partial charge in [-0.25, -0.2) is 0 Å². The van der Waals surface area contributed by atoms with Crippen molar-refractivity contribution in [2.45, 2.75) is 50.6 Å². The Hall–Kier alpha value is -2.82. The zero-order valence-corrected chi connectivity index (χ0v) is 17.7. The second kappa shape index (κ2) is 8.90. The van der Waals surface area contributed by atoms with Crippen LogP contribution in [0.4, 0.5) is 0 Å². The van der Waals surface area contributed by atoms with E-state index in [1.165, 1.54) is 0 Å². The first-order valence-corrected chi connectivity index (χ1v) is 10.9. The van der Waals surface area contributed by atoms with Crippen LogP contribution in [0.5, 0.6) is 5.75 Å². The maximum atomic E-state index is 13.6. The van der Waals surface area contributed by atoms with Crippen LogP contribution in [0.1, 0.15) is 43.2 Å². The molecule has 0 N–H and O–H groups in total. The predicted molar refractivity (Wildman–Crippen MR) is 116 cm³/mol. The molecule has 30 heavy (non-hydrogen) atoms. The van der Waals surface area contributed by atoms with Gasteiger partial charge in [0.15, 0.2) is 0 Å². The molecule has 2 aliphatic rings. The molecule has 0 saturated carbocycles. The molecule has 2 aromatic carbocycles. The molecule has 2 amide bonds. The van der Waals surface area contributed by atoms with Gasteiger partial charge in [0.1, 0.15) is 11.3 Å². The molecule has 5 nitrogen and oxygen atoms in total. The maximum absolute atomic E-state index is 13.6. The molecule has 5 heteroatoms. The summed E-state index contributed by atoms with van der Waals surface area (Å²) >= 11 is 0. The number of amides is 2. The number of benzene rings is 2. The summed E-state index contributed by atoms with van der Waals surface area (Å²) in [4.78, 5) is 30.6. The molecule has 0 aromatic heterocycles. The van der Waals surface area contributed by atoms with Gasteiger partial charge in [-0.1, -0.05) is 48.5 Å². The molecule has 4 rings (SSSR count). The fourth-order valence-electron chi connectivity index (χ4n) is 5.03. The quantitative estimate of drug-likeness (QED) is 0.733. The van der Waals surface area contributed by atoms with Crippen molar-refractivity contribution < 1.29 is 14.3 Å². The number of hydrogen-bond acceptors (Lipinski definition) is 3. The lowest BCUT2D eigenvalue weighted by Crippen LogP contribution is -2.61. The van der Waals surface area contributed by atoms with Gasteiger partial charge in [0.25, 0.3) is 0 Å². The van der Waals surface area contributed by atoms with E-state index in [9.17, 15) is 9.59 Å². The second-order valence-electron chi connectivity index (χ2n) is 8.31. The van der Waals surface area contributed by atoms with Crippen LogP contribution in [0.3, 0.4) is 0 Å². The van der Waals surface area contributed by atoms with Gasteiger partial charge in [-0.2, -0.15) is 0 Å². The molecule has 1 spiro atoms. The number of piperidine rings is 1. The molecule has 1 unspecified atom stereocenters. The van der Waals surface area contributed by atoms with Crippen LogP contribution in [0, 0.1) is 0 Å². The molecule has 0 bridgehead atoms.